The molecule has 0 heterocycles. The van der Waals surface area contributed by atoms with Crippen LogP contribution in [0.4, 0.5) is 0 Å². The van der Waals surface area contributed by atoms with Gasteiger partial charge in [-0.2, -0.15) is 0 Å². The fourth-order valence-corrected chi connectivity index (χ4v) is 2.27. The van der Waals surface area contributed by atoms with Gasteiger partial charge < -0.3 is 14.9 Å². The van der Waals surface area contributed by atoms with E-state index in [-0.39, 0.29) is 12.5 Å². The molecule has 20 heavy (non-hydrogen) atoms. The first-order chi connectivity index (χ1) is 9.74. The van der Waals surface area contributed by atoms with Crippen LogP contribution in [0.15, 0.2) is 54.6 Å². The Bertz CT molecular complexity index is 508. The van der Waals surface area contributed by atoms with Gasteiger partial charge in [0.1, 0.15) is 5.75 Å². The molecule has 2 N–H and O–H groups in total. The minimum Gasteiger partial charge on any atom is -0.497 e. The molecule has 2 unspecified atom stereocenters. The lowest BCUT2D eigenvalue weighted by Crippen LogP contribution is -2.19. The van der Waals surface area contributed by atoms with E-state index in [1.54, 1.807) is 7.11 Å². The van der Waals surface area contributed by atoms with E-state index in [9.17, 15) is 10.2 Å². The number of aliphatic hydroxyl groups is 2. The molecule has 0 bridgehead atoms. The Labute approximate surface area is 119 Å². The van der Waals surface area contributed by atoms with Crippen molar-refractivity contribution in [3.05, 3.63) is 65.7 Å². The minimum absolute atomic E-state index is 0.0535. The Hall–Kier alpha value is -1.84. The van der Waals surface area contributed by atoms with E-state index in [0.29, 0.717) is 6.42 Å². The maximum absolute atomic E-state index is 10.4. The fourth-order valence-electron chi connectivity index (χ4n) is 2.27. The number of rotatable bonds is 6. The van der Waals surface area contributed by atoms with Gasteiger partial charge in [-0.1, -0.05) is 42.5 Å². The molecule has 0 aliphatic rings. The average molecular weight is 272 g/mol. The van der Waals surface area contributed by atoms with Crippen molar-refractivity contribution in [3.63, 3.8) is 0 Å². The third kappa shape index (κ3) is 3.59. The number of aliphatic hydroxyl groups excluding tert-OH is 2. The van der Waals surface area contributed by atoms with Gasteiger partial charge in [0.15, 0.2) is 0 Å². The van der Waals surface area contributed by atoms with Gasteiger partial charge in [-0.15, -0.1) is 0 Å². The molecule has 3 heteroatoms. The number of methoxy groups -OCH3 is 1. The second-order valence-corrected chi connectivity index (χ2v) is 4.85. The smallest absolute Gasteiger partial charge is 0.118 e. The largest absolute Gasteiger partial charge is 0.497 e. The van der Waals surface area contributed by atoms with Crippen LogP contribution in [0, 0.1) is 5.92 Å². The van der Waals surface area contributed by atoms with Crippen molar-refractivity contribution in [1.82, 2.24) is 0 Å². The molecule has 0 fully saturated rings. The summed E-state index contributed by atoms with van der Waals surface area (Å²) in [4.78, 5) is 0. The molecule has 0 amide bonds. The van der Waals surface area contributed by atoms with E-state index >= 15 is 0 Å². The summed E-state index contributed by atoms with van der Waals surface area (Å²) in [7, 11) is 1.61. The van der Waals surface area contributed by atoms with Crippen LogP contribution in [-0.2, 0) is 6.42 Å². The first-order valence-corrected chi connectivity index (χ1v) is 6.71. The molecule has 106 valence electrons. The van der Waals surface area contributed by atoms with Gasteiger partial charge >= 0.3 is 0 Å². The zero-order chi connectivity index (χ0) is 14.4. The van der Waals surface area contributed by atoms with Crippen LogP contribution in [-0.4, -0.2) is 23.9 Å². The highest BCUT2D eigenvalue weighted by Gasteiger charge is 2.20. The Balaban J connectivity index is 2.09. The third-order valence-corrected chi connectivity index (χ3v) is 3.48. The maximum atomic E-state index is 10.4. The van der Waals surface area contributed by atoms with E-state index < -0.39 is 6.10 Å². The predicted octanol–water partition coefficient (Wildman–Crippen LogP) is 2.58. The zero-order valence-electron chi connectivity index (χ0n) is 11.6. The third-order valence-electron chi connectivity index (χ3n) is 3.48. The molecule has 2 atom stereocenters. The van der Waals surface area contributed by atoms with Gasteiger partial charge in [-0.25, -0.2) is 0 Å². The highest BCUT2D eigenvalue weighted by atomic mass is 16.5. The van der Waals surface area contributed by atoms with Crippen LogP contribution in [0.2, 0.25) is 0 Å². The van der Waals surface area contributed by atoms with Crippen molar-refractivity contribution in [2.75, 3.05) is 13.7 Å². The summed E-state index contributed by atoms with van der Waals surface area (Å²) < 4.78 is 5.10. The maximum Gasteiger partial charge on any atom is 0.118 e. The van der Waals surface area contributed by atoms with Gasteiger partial charge in [-0.05, 0) is 29.7 Å². The van der Waals surface area contributed by atoms with Crippen molar-refractivity contribution in [2.24, 2.45) is 5.92 Å². The Morgan fingerprint density at radius 1 is 1.00 bits per heavy atom. The number of hydrogen-bond donors (Lipinski definition) is 2. The lowest BCUT2D eigenvalue weighted by molar-refractivity contribution is 0.0668. The molecule has 0 aliphatic heterocycles. The van der Waals surface area contributed by atoms with Crippen molar-refractivity contribution >= 4 is 0 Å². The van der Waals surface area contributed by atoms with Crippen molar-refractivity contribution < 1.29 is 14.9 Å². The van der Waals surface area contributed by atoms with Crippen molar-refractivity contribution in [3.8, 4) is 5.75 Å². The van der Waals surface area contributed by atoms with Crippen LogP contribution in [0.5, 0.6) is 5.75 Å². The first kappa shape index (κ1) is 14.6. The lowest BCUT2D eigenvalue weighted by atomic mass is 9.90. The zero-order valence-corrected chi connectivity index (χ0v) is 11.6. The van der Waals surface area contributed by atoms with Crippen LogP contribution in [0.3, 0.4) is 0 Å². The van der Waals surface area contributed by atoms with Crippen molar-refractivity contribution in [2.45, 2.75) is 12.5 Å². The monoisotopic (exact) mass is 272 g/mol. The van der Waals surface area contributed by atoms with Crippen LogP contribution < -0.4 is 4.74 Å². The normalized spacial score (nSPS) is 13.8. The molecule has 2 aromatic carbocycles. The standard InChI is InChI=1S/C17H20O3/c1-20-16-9-7-14(8-10-16)17(19)15(12-18)11-13-5-3-2-4-6-13/h2-10,15,17-19H,11-12H2,1H3. The molecule has 0 spiro atoms. The number of hydrogen-bond acceptors (Lipinski definition) is 3. The Morgan fingerprint density at radius 3 is 2.20 bits per heavy atom. The molecule has 0 saturated heterocycles. The second kappa shape index (κ2) is 7.08. The summed E-state index contributed by atoms with van der Waals surface area (Å²) in [5, 5.41) is 19.9. The second-order valence-electron chi connectivity index (χ2n) is 4.85. The quantitative estimate of drug-likeness (QED) is 0.849. The molecule has 0 aromatic heterocycles. The highest BCUT2D eigenvalue weighted by molar-refractivity contribution is 5.29. The topological polar surface area (TPSA) is 49.7 Å². The summed E-state index contributed by atoms with van der Waals surface area (Å²) >= 11 is 0. The molecule has 0 aliphatic carbocycles. The molecule has 2 rings (SSSR count). The Kier molecular flexibility index (Phi) is 5.16. The summed E-state index contributed by atoms with van der Waals surface area (Å²) in [6.07, 6.45) is -0.0454. The van der Waals surface area contributed by atoms with Gasteiger partial charge in [0, 0.05) is 12.5 Å². The Morgan fingerprint density at radius 2 is 1.65 bits per heavy atom. The van der Waals surface area contributed by atoms with E-state index in [1.165, 1.54) is 0 Å². The SMILES string of the molecule is COc1ccc(C(O)C(CO)Cc2ccccc2)cc1. The fraction of sp³-hybridized carbons (Fsp3) is 0.294. The molecular formula is C17H20O3. The van der Waals surface area contributed by atoms with Crippen LogP contribution in [0.1, 0.15) is 17.2 Å². The van der Waals surface area contributed by atoms with E-state index in [2.05, 4.69) is 0 Å². The summed E-state index contributed by atoms with van der Waals surface area (Å²) in [5.41, 5.74) is 1.90. The van der Waals surface area contributed by atoms with Crippen molar-refractivity contribution in [1.29, 1.82) is 0 Å². The van der Waals surface area contributed by atoms with E-state index in [0.717, 1.165) is 16.9 Å². The lowest BCUT2D eigenvalue weighted by Gasteiger charge is -2.21. The molecule has 0 radical (unpaired) electrons. The van der Waals surface area contributed by atoms with Gasteiger partial charge in [0.2, 0.25) is 0 Å². The number of ether oxygens (including phenoxy) is 1. The van der Waals surface area contributed by atoms with Gasteiger partial charge in [0.25, 0.3) is 0 Å². The predicted molar refractivity (Wildman–Crippen MR) is 78.7 cm³/mol. The summed E-state index contributed by atoms with van der Waals surface area (Å²) in [6.45, 7) is -0.0535. The average Bonchev–Trinajstić information content (AvgIpc) is 2.53. The molecule has 2 aromatic rings. The van der Waals surface area contributed by atoms with E-state index in [1.807, 2.05) is 54.6 Å². The highest BCUT2D eigenvalue weighted by Crippen LogP contribution is 2.26. The molecular weight excluding hydrogens is 252 g/mol. The summed E-state index contributed by atoms with van der Waals surface area (Å²) in [6, 6.07) is 17.2. The van der Waals surface area contributed by atoms with Gasteiger partial charge in [0.05, 0.1) is 13.2 Å². The van der Waals surface area contributed by atoms with Crippen LogP contribution in [0.25, 0.3) is 0 Å². The first-order valence-electron chi connectivity index (χ1n) is 6.71. The van der Waals surface area contributed by atoms with E-state index in [4.69, 9.17) is 4.74 Å². The minimum atomic E-state index is -0.689. The molecule has 3 nitrogen and oxygen atoms in total. The van der Waals surface area contributed by atoms with Crippen LogP contribution >= 0.6 is 0 Å². The van der Waals surface area contributed by atoms with Gasteiger partial charge in [-0.3, -0.25) is 0 Å². The number of benzene rings is 2. The molecule has 0 saturated carbocycles. The summed E-state index contributed by atoms with van der Waals surface area (Å²) in [5.74, 6) is 0.537.